The van der Waals surface area contributed by atoms with E-state index in [0.717, 1.165) is 22.3 Å². The minimum absolute atomic E-state index is 0.0350. The highest BCUT2D eigenvalue weighted by atomic mass is 19.1. The first-order valence-corrected chi connectivity index (χ1v) is 9.55. The molecule has 0 saturated carbocycles. The summed E-state index contributed by atoms with van der Waals surface area (Å²) in [5.74, 6) is 0.00865. The van der Waals surface area contributed by atoms with E-state index < -0.39 is 5.82 Å². The number of halogens is 1. The van der Waals surface area contributed by atoms with Crippen molar-refractivity contribution in [2.24, 2.45) is 0 Å². The summed E-state index contributed by atoms with van der Waals surface area (Å²) in [5.41, 5.74) is 4.55. The van der Waals surface area contributed by atoms with Crippen LogP contribution in [0.15, 0.2) is 54.7 Å². The molecule has 0 radical (unpaired) electrons. The van der Waals surface area contributed by atoms with E-state index in [0.29, 0.717) is 18.0 Å². The molecular formula is C24H26FN3O. The first kappa shape index (κ1) is 22.1. The lowest BCUT2D eigenvalue weighted by atomic mass is 9.93. The van der Waals surface area contributed by atoms with Gasteiger partial charge in [0, 0.05) is 24.4 Å². The third-order valence-corrected chi connectivity index (χ3v) is 4.12. The number of pyridine rings is 1. The smallest absolute Gasteiger partial charge is 0.212 e. The highest BCUT2D eigenvalue weighted by Gasteiger charge is 2.12. The maximum Gasteiger partial charge on any atom is 0.212 e. The fourth-order valence-corrected chi connectivity index (χ4v) is 2.83. The Balaban J connectivity index is 0.000000941. The summed E-state index contributed by atoms with van der Waals surface area (Å²) in [6, 6.07) is 16.3. The monoisotopic (exact) mass is 391 g/mol. The Kier molecular flexibility index (Phi) is 8.32. The maximum absolute atomic E-state index is 14.2. The van der Waals surface area contributed by atoms with Gasteiger partial charge in [-0.25, -0.2) is 9.37 Å². The molecule has 0 spiro atoms. The number of nitrogens with one attached hydrogen (secondary N) is 1. The summed E-state index contributed by atoms with van der Waals surface area (Å²) in [6.45, 7) is 4.95. The fourth-order valence-electron chi connectivity index (χ4n) is 2.83. The molecule has 2 aromatic carbocycles. The Bertz CT molecular complexity index is 978. The number of aromatic nitrogens is 1. The number of ether oxygens (including phenoxy) is 1. The van der Waals surface area contributed by atoms with Crippen LogP contribution < -0.4 is 10.1 Å². The van der Waals surface area contributed by atoms with Crippen LogP contribution in [-0.2, 0) is 6.54 Å². The molecule has 0 amide bonds. The average Bonchev–Trinajstić information content (AvgIpc) is 2.74. The van der Waals surface area contributed by atoms with Gasteiger partial charge < -0.3 is 10.1 Å². The zero-order valence-corrected chi connectivity index (χ0v) is 17.3. The topological polar surface area (TPSA) is 57.9 Å². The predicted molar refractivity (Wildman–Crippen MR) is 115 cm³/mol. The van der Waals surface area contributed by atoms with Gasteiger partial charge >= 0.3 is 0 Å². The molecule has 3 rings (SSSR count). The molecule has 5 heteroatoms. The zero-order chi connectivity index (χ0) is 21.2. The van der Waals surface area contributed by atoms with Crippen LogP contribution in [-0.4, -0.2) is 19.1 Å². The van der Waals surface area contributed by atoms with Crippen molar-refractivity contribution in [2.45, 2.75) is 26.8 Å². The van der Waals surface area contributed by atoms with Gasteiger partial charge in [-0.05, 0) is 53.6 Å². The Morgan fingerprint density at radius 1 is 1.03 bits per heavy atom. The molecule has 0 atom stereocenters. The van der Waals surface area contributed by atoms with Crippen molar-refractivity contribution in [1.82, 2.24) is 10.3 Å². The lowest BCUT2D eigenvalue weighted by Gasteiger charge is -2.13. The normalized spacial score (nSPS) is 9.93. The van der Waals surface area contributed by atoms with Crippen LogP contribution in [0.1, 0.15) is 31.4 Å². The molecule has 1 aromatic heterocycles. The fraction of sp³-hybridized carbons (Fsp3) is 0.250. The van der Waals surface area contributed by atoms with Crippen LogP contribution in [0, 0.1) is 17.1 Å². The molecule has 0 aliphatic carbocycles. The van der Waals surface area contributed by atoms with Gasteiger partial charge in [0.05, 0.1) is 12.7 Å². The van der Waals surface area contributed by atoms with E-state index in [9.17, 15) is 4.39 Å². The first-order chi connectivity index (χ1) is 14.1. The first-order valence-electron chi connectivity index (χ1n) is 9.55. The van der Waals surface area contributed by atoms with E-state index in [1.54, 1.807) is 25.4 Å². The van der Waals surface area contributed by atoms with Gasteiger partial charge in [-0.2, -0.15) is 5.26 Å². The SMILES string of the molecule is CCC.CNCc1ccc(-c2ccc(OC)nc2)c(-c2ccc(C#N)c(F)c2)c1. The molecule has 29 heavy (non-hydrogen) atoms. The quantitative estimate of drug-likeness (QED) is 0.618. The van der Waals surface area contributed by atoms with Crippen molar-refractivity contribution < 1.29 is 9.13 Å². The number of hydrogen-bond donors (Lipinski definition) is 1. The van der Waals surface area contributed by atoms with Gasteiger partial charge in [0.1, 0.15) is 11.9 Å². The number of rotatable bonds is 5. The lowest BCUT2D eigenvalue weighted by Crippen LogP contribution is -2.05. The van der Waals surface area contributed by atoms with E-state index in [2.05, 4.69) is 24.1 Å². The molecule has 0 aliphatic rings. The predicted octanol–water partition coefficient (Wildman–Crippen LogP) is 5.57. The molecule has 3 aromatic rings. The molecule has 0 bridgehead atoms. The number of hydrogen-bond acceptors (Lipinski definition) is 4. The second-order valence-corrected chi connectivity index (χ2v) is 6.51. The van der Waals surface area contributed by atoms with E-state index in [-0.39, 0.29) is 5.56 Å². The molecule has 0 fully saturated rings. The van der Waals surface area contributed by atoms with Gasteiger partial charge in [0.15, 0.2) is 0 Å². The summed E-state index contributed by atoms with van der Waals surface area (Å²) in [5, 5.41) is 12.1. The van der Waals surface area contributed by atoms with Crippen molar-refractivity contribution in [3.05, 3.63) is 71.7 Å². The average molecular weight is 391 g/mol. The van der Waals surface area contributed by atoms with E-state index in [1.165, 1.54) is 18.6 Å². The zero-order valence-electron chi connectivity index (χ0n) is 17.3. The van der Waals surface area contributed by atoms with E-state index >= 15 is 0 Å². The van der Waals surface area contributed by atoms with Gasteiger partial charge in [0.25, 0.3) is 0 Å². The molecule has 4 nitrogen and oxygen atoms in total. The van der Waals surface area contributed by atoms with Crippen molar-refractivity contribution in [2.75, 3.05) is 14.2 Å². The van der Waals surface area contributed by atoms with Crippen molar-refractivity contribution in [3.63, 3.8) is 0 Å². The number of methoxy groups -OCH3 is 1. The Hall–Kier alpha value is -3.23. The lowest BCUT2D eigenvalue weighted by molar-refractivity contribution is 0.398. The third-order valence-electron chi connectivity index (χ3n) is 4.12. The van der Waals surface area contributed by atoms with E-state index in [4.69, 9.17) is 10.00 Å². The largest absolute Gasteiger partial charge is 0.481 e. The highest BCUT2D eigenvalue weighted by molar-refractivity contribution is 5.84. The van der Waals surface area contributed by atoms with E-state index in [1.807, 2.05) is 37.4 Å². The summed E-state index contributed by atoms with van der Waals surface area (Å²) in [7, 11) is 3.45. The highest BCUT2D eigenvalue weighted by Crippen LogP contribution is 2.34. The molecule has 0 saturated heterocycles. The molecule has 150 valence electrons. The van der Waals surface area contributed by atoms with Crippen molar-refractivity contribution in [1.29, 1.82) is 5.26 Å². The standard InChI is InChI=1S/C21H18FN3O.C3H8/c1-24-12-14-3-7-18(17-6-8-21(26-2)25-13-17)19(9-14)15-4-5-16(11-23)20(22)10-15;1-3-2/h3-10,13,24H,12H2,1-2H3;3H2,1-2H3. The Labute approximate surface area is 172 Å². The van der Waals surface area contributed by atoms with Gasteiger partial charge in [-0.3, -0.25) is 0 Å². The summed E-state index contributed by atoms with van der Waals surface area (Å²) in [6.07, 6.45) is 2.98. The molecule has 1 N–H and O–H groups in total. The minimum atomic E-state index is -0.525. The maximum atomic E-state index is 14.2. The number of nitrogens with zero attached hydrogens (tertiary/aromatic N) is 2. The van der Waals surface area contributed by atoms with Crippen molar-refractivity contribution in [3.8, 4) is 34.2 Å². The number of nitriles is 1. The van der Waals surface area contributed by atoms with Crippen molar-refractivity contribution >= 4 is 0 Å². The van der Waals surface area contributed by atoms with Crippen LogP contribution in [0.5, 0.6) is 5.88 Å². The van der Waals surface area contributed by atoms with Gasteiger partial charge in [-0.15, -0.1) is 0 Å². The molecule has 0 unspecified atom stereocenters. The summed E-state index contributed by atoms with van der Waals surface area (Å²) < 4.78 is 19.3. The third kappa shape index (κ3) is 5.63. The summed E-state index contributed by atoms with van der Waals surface area (Å²) in [4.78, 5) is 4.26. The van der Waals surface area contributed by atoms with Crippen LogP contribution in [0.4, 0.5) is 4.39 Å². The van der Waals surface area contributed by atoms with Crippen LogP contribution >= 0.6 is 0 Å². The second-order valence-electron chi connectivity index (χ2n) is 6.51. The second kappa shape index (κ2) is 10.9. The van der Waals surface area contributed by atoms with Crippen LogP contribution in [0.25, 0.3) is 22.3 Å². The van der Waals surface area contributed by atoms with Gasteiger partial charge in [0.2, 0.25) is 5.88 Å². The van der Waals surface area contributed by atoms with Crippen LogP contribution in [0.2, 0.25) is 0 Å². The Morgan fingerprint density at radius 2 is 1.76 bits per heavy atom. The summed E-state index contributed by atoms with van der Waals surface area (Å²) >= 11 is 0. The minimum Gasteiger partial charge on any atom is -0.481 e. The van der Waals surface area contributed by atoms with Gasteiger partial charge in [-0.1, -0.05) is 38.5 Å². The van der Waals surface area contributed by atoms with Crippen LogP contribution in [0.3, 0.4) is 0 Å². The number of benzene rings is 2. The molecule has 1 heterocycles. The molecular weight excluding hydrogens is 365 g/mol. The Morgan fingerprint density at radius 3 is 2.31 bits per heavy atom. The molecule has 0 aliphatic heterocycles.